The molecule has 166 valence electrons. The fourth-order valence-corrected chi connectivity index (χ4v) is 4.51. The highest BCUT2D eigenvalue weighted by molar-refractivity contribution is 7.18. The molecular weight excluding hydrogens is 450 g/mol. The minimum absolute atomic E-state index is 0.165. The van der Waals surface area contributed by atoms with Crippen LogP contribution in [0.1, 0.15) is 30.5 Å². The van der Waals surface area contributed by atoms with Gasteiger partial charge in [-0.2, -0.15) is 15.0 Å². The molecule has 0 radical (unpaired) electrons. The number of fused-ring (bicyclic) bond motifs is 1. The Kier molecular flexibility index (Phi) is 6.35. The maximum absolute atomic E-state index is 12.8. The van der Waals surface area contributed by atoms with Crippen LogP contribution in [-0.2, 0) is 4.74 Å². The van der Waals surface area contributed by atoms with E-state index >= 15 is 0 Å². The fraction of sp³-hybridized carbons (Fsp3) is 0.286. The quantitative estimate of drug-likeness (QED) is 0.399. The van der Waals surface area contributed by atoms with Crippen molar-refractivity contribution in [3.63, 3.8) is 0 Å². The SMILES string of the molecule is COC(c1c(NC(=O)Nc2ccc(-n3nccn3)c(Cl)c2)cnc2sc(C)nc12)C(C)C. The number of aryl methyl sites for hydroxylation is 1. The van der Waals surface area contributed by atoms with Gasteiger partial charge in [0.25, 0.3) is 0 Å². The Morgan fingerprint density at radius 3 is 2.62 bits per heavy atom. The third-order valence-electron chi connectivity index (χ3n) is 4.80. The van der Waals surface area contributed by atoms with Crippen LogP contribution in [0, 0.1) is 12.8 Å². The van der Waals surface area contributed by atoms with Crippen LogP contribution >= 0.6 is 22.9 Å². The van der Waals surface area contributed by atoms with Crippen molar-refractivity contribution >= 4 is 50.7 Å². The van der Waals surface area contributed by atoms with Crippen LogP contribution in [0.4, 0.5) is 16.2 Å². The van der Waals surface area contributed by atoms with Crippen LogP contribution < -0.4 is 10.6 Å². The minimum Gasteiger partial charge on any atom is -0.376 e. The third-order valence-corrected chi connectivity index (χ3v) is 5.99. The topological polar surface area (TPSA) is 107 Å². The van der Waals surface area contributed by atoms with Gasteiger partial charge in [-0.05, 0) is 31.0 Å². The van der Waals surface area contributed by atoms with Gasteiger partial charge in [-0.15, -0.1) is 0 Å². The molecule has 3 heterocycles. The van der Waals surface area contributed by atoms with E-state index in [2.05, 4.69) is 44.6 Å². The van der Waals surface area contributed by atoms with E-state index in [1.165, 1.54) is 16.1 Å². The van der Waals surface area contributed by atoms with E-state index < -0.39 is 6.03 Å². The average Bonchev–Trinajstić information content (AvgIpc) is 3.39. The number of nitrogens with zero attached hydrogens (tertiary/aromatic N) is 5. The van der Waals surface area contributed by atoms with Crippen LogP contribution in [0.3, 0.4) is 0 Å². The van der Waals surface area contributed by atoms with Crippen LogP contribution in [-0.4, -0.2) is 38.1 Å². The highest BCUT2D eigenvalue weighted by atomic mass is 35.5. The second kappa shape index (κ2) is 9.19. The van der Waals surface area contributed by atoms with E-state index in [0.717, 1.165) is 20.9 Å². The molecule has 0 aliphatic rings. The van der Waals surface area contributed by atoms with Crippen molar-refractivity contribution in [1.82, 2.24) is 25.0 Å². The van der Waals surface area contributed by atoms with Gasteiger partial charge in [0, 0.05) is 18.4 Å². The average molecular weight is 472 g/mol. The standard InChI is InChI=1S/C21H22ClN7O2S/c1-11(2)19(31-4)17-15(10-23-20-18(17)26-12(3)32-20)28-21(30)27-13-5-6-16(14(22)9-13)29-24-7-8-25-29/h5-11,19H,1-4H3,(H2,27,28,30). The number of hydrogen-bond donors (Lipinski definition) is 2. The molecule has 0 bridgehead atoms. The predicted molar refractivity (Wildman–Crippen MR) is 126 cm³/mol. The minimum atomic E-state index is -0.431. The molecule has 0 spiro atoms. The highest BCUT2D eigenvalue weighted by Crippen LogP contribution is 2.37. The molecule has 0 aliphatic heterocycles. The lowest BCUT2D eigenvalue weighted by Gasteiger charge is -2.23. The van der Waals surface area contributed by atoms with Gasteiger partial charge in [-0.1, -0.05) is 36.8 Å². The van der Waals surface area contributed by atoms with E-state index in [1.807, 2.05) is 6.92 Å². The predicted octanol–water partition coefficient (Wildman–Crippen LogP) is 5.22. The number of thiazole rings is 1. The molecule has 1 aromatic carbocycles. The summed E-state index contributed by atoms with van der Waals surface area (Å²) in [6.45, 7) is 6.04. The van der Waals surface area contributed by atoms with Crippen molar-refractivity contribution in [1.29, 1.82) is 0 Å². The van der Waals surface area contributed by atoms with Crippen LogP contribution in [0.15, 0.2) is 36.8 Å². The van der Waals surface area contributed by atoms with Gasteiger partial charge >= 0.3 is 6.03 Å². The number of ether oxygens (including phenoxy) is 1. The first kappa shape index (κ1) is 22.1. The van der Waals surface area contributed by atoms with Gasteiger partial charge in [-0.25, -0.2) is 14.8 Å². The Morgan fingerprint density at radius 1 is 1.22 bits per heavy atom. The Balaban J connectivity index is 1.60. The number of aromatic nitrogens is 5. The first-order valence-electron chi connectivity index (χ1n) is 9.90. The smallest absolute Gasteiger partial charge is 0.323 e. The zero-order chi connectivity index (χ0) is 22.8. The molecule has 32 heavy (non-hydrogen) atoms. The summed E-state index contributed by atoms with van der Waals surface area (Å²) in [5, 5.41) is 15.1. The molecular formula is C21H22ClN7O2S. The maximum Gasteiger partial charge on any atom is 0.323 e. The van der Waals surface area contributed by atoms with Crippen LogP contribution in [0.25, 0.3) is 16.0 Å². The number of pyridine rings is 1. The molecule has 0 saturated carbocycles. The summed E-state index contributed by atoms with van der Waals surface area (Å²) in [4.78, 5) is 24.1. The molecule has 4 rings (SSSR count). The lowest BCUT2D eigenvalue weighted by Crippen LogP contribution is -2.22. The molecule has 11 heteroatoms. The monoisotopic (exact) mass is 471 g/mol. The molecule has 3 aromatic heterocycles. The lowest BCUT2D eigenvalue weighted by molar-refractivity contribution is 0.0661. The van der Waals surface area contributed by atoms with Gasteiger partial charge in [0.1, 0.15) is 16.0 Å². The number of halogens is 1. The Hall–Kier alpha value is -3.08. The molecule has 0 aliphatic carbocycles. The molecule has 9 nitrogen and oxygen atoms in total. The number of urea groups is 1. The molecule has 0 saturated heterocycles. The summed E-state index contributed by atoms with van der Waals surface area (Å²) in [5.41, 5.74) is 3.23. The lowest BCUT2D eigenvalue weighted by atomic mass is 9.97. The van der Waals surface area contributed by atoms with Crippen molar-refractivity contribution in [3.05, 3.63) is 52.4 Å². The summed E-state index contributed by atoms with van der Waals surface area (Å²) in [6.07, 6.45) is 4.51. The molecule has 0 fully saturated rings. The summed E-state index contributed by atoms with van der Waals surface area (Å²) in [5.74, 6) is 0.165. The second-order valence-electron chi connectivity index (χ2n) is 7.44. The van der Waals surface area contributed by atoms with E-state index in [-0.39, 0.29) is 12.0 Å². The van der Waals surface area contributed by atoms with Gasteiger partial charge in [-0.3, -0.25) is 0 Å². The molecule has 2 amide bonds. The Bertz CT molecular complexity index is 1260. The number of nitrogens with one attached hydrogen (secondary N) is 2. The summed E-state index contributed by atoms with van der Waals surface area (Å²) in [7, 11) is 1.65. The van der Waals surface area contributed by atoms with Crippen molar-refractivity contribution < 1.29 is 9.53 Å². The van der Waals surface area contributed by atoms with Gasteiger partial charge < -0.3 is 15.4 Å². The number of anilines is 2. The maximum atomic E-state index is 12.8. The van der Waals surface area contributed by atoms with E-state index in [1.54, 1.807) is 43.9 Å². The number of benzene rings is 1. The zero-order valence-corrected chi connectivity index (χ0v) is 19.5. The number of methoxy groups -OCH3 is 1. The molecule has 1 atom stereocenters. The Labute approximate surface area is 193 Å². The van der Waals surface area contributed by atoms with Gasteiger partial charge in [0.05, 0.1) is 40.4 Å². The molecule has 2 N–H and O–H groups in total. The molecule has 4 aromatic rings. The Morgan fingerprint density at radius 2 is 1.97 bits per heavy atom. The number of hydrogen-bond acceptors (Lipinski definition) is 7. The van der Waals surface area contributed by atoms with Gasteiger partial charge in [0.2, 0.25) is 0 Å². The van der Waals surface area contributed by atoms with Crippen molar-refractivity contribution in [2.24, 2.45) is 5.92 Å². The number of rotatable bonds is 6. The van der Waals surface area contributed by atoms with Crippen molar-refractivity contribution in [2.45, 2.75) is 26.9 Å². The largest absolute Gasteiger partial charge is 0.376 e. The summed E-state index contributed by atoms with van der Waals surface area (Å²) in [6, 6.07) is 4.66. The number of carbonyl (C=O) groups is 1. The van der Waals surface area contributed by atoms with E-state index in [4.69, 9.17) is 16.3 Å². The zero-order valence-electron chi connectivity index (χ0n) is 18.0. The normalized spacial score (nSPS) is 12.3. The van der Waals surface area contributed by atoms with Crippen molar-refractivity contribution in [2.75, 3.05) is 17.7 Å². The first-order valence-corrected chi connectivity index (χ1v) is 11.1. The summed E-state index contributed by atoms with van der Waals surface area (Å²) >= 11 is 7.85. The van der Waals surface area contributed by atoms with Crippen LogP contribution in [0.5, 0.6) is 0 Å². The summed E-state index contributed by atoms with van der Waals surface area (Å²) < 4.78 is 5.75. The first-order chi connectivity index (χ1) is 15.4. The number of amides is 2. The van der Waals surface area contributed by atoms with Gasteiger partial charge in [0.15, 0.2) is 0 Å². The molecule has 1 unspecified atom stereocenters. The fourth-order valence-electron chi connectivity index (χ4n) is 3.48. The van der Waals surface area contributed by atoms with Crippen molar-refractivity contribution in [3.8, 4) is 5.69 Å². The van der Waals surface area contributed by atoms with Crippen LogP contribution in [0.2, 0.25) is 5.02 Å². The second-order valence-corrected chi connectivity index (χ2v) is 9.03. The highest BCUT2D eigenvalue weighted by Gasteiger charge is 2.25. The van der Waals surface area contributed by atoms with E-state index in [0.29, 0.717) is 22.1 Å². The number of carbonyl (C=O) groups excluding carboxylic acids is 1. The van der Waals surface area contributed by atoms with E-state index in [9.17, 15) is 4.79 Å². The third kappa shape index (κ3) is 4.43.